The number of aliphatic hydroxyl groups is 1. The van der Waals surface area contributed by atoms with E-state index < -0.39 is 47.2 Å². The Morgan fingerprint density at radius 1 is 1.16 bits per heavy atom. The van der Waals surface area contributed by atoms with E-state index in [9.17, 15) is 19.5 Å². The second kappa shape index (κ2) is 7.30. The van der Waals surface area contributed by atoms with Crippen LogP contribution in [0, 0.1) is 11.8 Å². The van der Waals surface area contributed by atoms with Crippen molar-refractivity contribution in [3.05, 3.63) is 58.6 Å². The normalized spacial score (nSPS) is 29.3. The van der Waals surface area contributed by atoms with Crippen LogP contribution in [0.2, 0.25) is 5.02 Å². The molecule has 5 atom stereocenters. The minimum Gasteiger partial charge on any atom is -0.497 e. The summed E-state index contributed by atoms with van der Waals surface area (Å²) >= 11 is 6.30. The van der Waals surface area contributed by atoms with Crippen molar-refractivity contribution in [1.29, 1.82) is 0 Å². The fourth-order valence-electron chi connectivity index (χ4n) is 5.27. The topological polar surface area (TPSA) is 108 Å². The van der Waals surface area contributed by atoms with E-state index in [1.807, 2.05) is 0 Å². The molecular weight excluding hydrogens is 434 g/mol. The van der Waals surface area contributed by atoms with Gasteiger partial charge in [-0.05, 0) is 30.7 Å². The van der Waals surface area contributed by atoms with Crippen molar-refractivity contribution in [2.45, 2.75) is 31.2 Å². The molecule has 3 aliphatic rings. The van der Waals surface area contributed by atoms with Gasteiger partial charge >= 0.3 is 0 Å². The first-order valence-electron chi connectivity index (χ1n) is 10.3. The molecule has 0 radical (unpaired) electrons. The summed E-state index contributed by atoms with van der Waals surface area (Å²) in [4.78, 5) is 41.6. The number of nitrogens with one attached hydrogen (secondary N) is 2. The Morgan fingerprint density at radius 2 is 1.88 bits per heavy atom. The second-order valence-electron chi connectivity index (χ2n) is 8.45. The molecule has 0 saturated carbocycles. The fourth-order valence-corrected chi connectivity index (χ4v) is 5.49. The van der Waals surface area contributed by atoms with E-state index in [0.717, 1.165) is 5.56 Å². The maximum Gasteiger partial charge on any atom is 0.250 e. The molecule has 32 heavy (non-hydrogen) atoms. The smallest absolute Gasteiger partial charge is 0.250 e. The Balaban J connectivity index is 1.58. The number of fused-ring (bicyclic) bond motifs is 4. The number of hydrogen-bond acceptors (Lipinski definition) is 6. The number of rotatable bonds is 4. The minimum atomic E-state index is -1.48. The van der Waals surface area contributed by atoms with Crippen molar-refractivity contribution in [3.8, 4) is 5.75 Å². The highest BCUT2D eigenvalue weighted by molar-refractivity contribution is 6.35. The third-order valence-corrected chi connectivity index (χ3v) is 7.06. The molecule has 8 nitrogen and oxygen atoms in total. The summed E-state index contributed by atoms with van der Waals surface area (Å²) < 4.78 is 5.16. The number of likely N-dealkylation sites (tertiary alicyclic amines) is 1. The standard InChI is InChI=1S/C23H22ClN3O5/c1-11(28)18-16-17(23(26-18)14-4-3-5-15(24)19(14)25-22(23)31)21(30)27(20(16)29)10-12-6-8-13(32-2)9-7-12/h3-9,11,16-18,26,28H,10H2,1-2H3,(H,25,31)/t11-,16+,17+,18-,23+/m1/s1. The van der Waals surface area contributed by atoms with Crippen LogP contribution in [0.3, 0.4) is 0 Å². The van der Waals surface area contributed by atoms with Crippen LogP contribution in [-0.4, -0.2) is 47.0 Å². The van der Waals surface area contributed by atoms with Crippen molar-refractivity contribution in [2.75, 3.05) is 12.4 Å². The van der Waals surface area contributed by atoms with Crippen LogP contribution in [0.1, 0.15) is 18.1 Å². The number of hydrogen-bond donors (Lipinski definition) is 3. The summed E-state index contributed by atoms with van der Waals surface area (Å²) in [6.45, 7) is 1.62. The number of ether oxygens (including phenoxy) is 1. The summed E-state index contributed by atoms with van der Waals surface area (Å²) in [5.74, 6) is -2.52. The van der Waals surface area contributed by atoms with E-state index >= 15 is 0 Å². The van der Waals surface area contributed by atoms with Crippen molar-refractivity contribution >= 4 is 35.0 Å². The van der Waals surface area contributed by atoms with E-state index in [1.165, 1.54) is 4.90 Å². The van der Waals surface area contributed by atoms with Crippen LogP contribution in [0.5, 0.6) is 5.75 Å². The summed E-state index contributed by atoms with van der Waals surface area (Å²) in [5, 5.41) is 16.7. The molecule has 1 spiro atoms. The number of aliphatic hydroxyl groups excluding tert-OH is 1. The van der Waals surface area contributed by atoms with Crippen molar-refractivity contribution < 1.29 is 24.2 Å². The summed E-state index contributed by atoms with van der Waals surface area (Å²) in [5.41, 5.74) is 0.210. The Bertz CT molecular complexity index is 1130. The molecule has 0 unspecified atom stereocenters. The van der Waals surface area contributed by atoms with E-state index in [4.69, 9.17) is 16.3 Å². The number of anilines is 1. The molecule has 0 bridgehead atoms. The lowest BCUT2D eigenvalue weighted by atomic mass is 9.76. The molecule has 3 N–H and O–H groups in total. The first-order valence-corrected chi connectivity index (χ1v) is 10.7. The largest absolute Gasteiger partial charge is 0.497 e. The highest BCUT2D eigenvalue weighted by Crippen LogP contribution is 2.54. The molecule has 2 aromatic rings. The van der Waals surface area contributed by atoms with Crippen LogP contribution < -0.4 is 15.4 Å². The molecule has 2 saturated heterocycles. The van der Waals surface area contributed by atoms with Crippen LogP contribution in [0.15, 0.2) is 42.5 Å². The maximum atomic E-state index is 13.6. The van der Waals surface area contributed by atoms with Crippen molar-refractivity contribution in [3.63, 3.8) is 0 Å². The van der Waals surface area contributed by atoms with Crippen LogP contribution in [0.25, 0.3) is 0 Å². The van der Waals surface area contributed by atoms with Crippen molar-refractivity contribution in [1.82, 2.24) is 10.2 Å². The van der Waals surface area contributed by atoms with Gasteiger partial charge in [0.05, 0.1) is 42.3 Å². The number of amides is 3. The summed E-state index contributed by atoms with van der Waals surface area (Å²) in [6.07, 6.45) is -0.962. The number of carbonyl (C=O) groups excluding carboxylic acids is 3. The first-order chi connectivity index (χ1) is 15.3. The van der Waals surface area contributed by atoms with Gasteiger partial charge in [-0.3, -0.25) is 24.6 Å². The third-order valence-electron chi connectivity index (χ3n) is 6.74. The highest BCUT2D eigenvalue weighted by Gasteiger charge is 2.71. The summed E-state index contributed by atoms with van der Waals surface area (Å²) in [7, 11) is 1.56. The van der Waals surface area contributed by atoms with Crippen molar-refractivity contribution in [2.24, 2.45) is 11.8 Å². The number of methoxy groups -OCH3 is 1. The number of imide groups is 1. The first kappa shape index (κ1) is 20.9. The quantitative estimate of drug-likeness (QED) is 0.605. The molecule has 3 aliphatic heterocycles. The maximum absolute atomic E-state index is 13.6. The fraction of sp³-hybridized carbons (Fsp3) is 0.348. The van der Waals surface area contributed by atoms with Gasteiger partial charge in [0.1, 0.15) is 11.3 Å². The van der Waals surface area contributed by atoms with E-state index in [-0.39, 0.29) is 6.54 Å². The third kappa shape index (κ3) is 2.73. The predicted molar refractivity (Wildman–Crippen MR) is 116 cm³/mol. The lowest BCUT2D eigenvalue weighted by Crippen LogP contribution is -2.54. The number of para-hydroxylation sites is 1. The van der Waals surface area contributed by atoms with Gasteiger partial charge in [-0.15, -0.1) is 0 Å². The molecule has 166 valence electrons. The second-order valence-corrected chi connectivity index (χ2v) is 8.86. The number of nitrogens with zero attached hydrogens (tertiary/aromatic N) is 1. The number of carbonyl (C=O) groups is 3. The van der Waals surface area contributed by atoms with Gasteiger partial charge in [0, 0.05) is 11.6 Å². The van der Waals surface area contributed by atoms with E-state index in [0.29, 0.717) is 22.0 Å². The Morgan fingerprint density at radius 3 is 2.53 bits per heavy atom. The van der Waals surface area contributed by atoms with Gasteiger partial charge in [-0.25, -0.2) is 0 Å². The molecule has 2 aromatic carbocycles. The van der Waals surface area contributed by atoms with Crippen LogP contribution >= 0.6 is 11.6 Å². The van der Waals surface area contributed by atoms with Gasteiger partial charge in [0.15, 0.2) is 0 Å². The average Bonchev–Trinajstić information content (AvgIpc) is 3.36. The molecule has 2 fully saturated rings. The Labute approximate surface area is 189 Å². The predicted octanol–water partition coefficient (Wildman–Crippen LogP) is 1.65. The lowest BCUT2D eigenvalue weighted by Gasteiger charge is -2.30. The molecule has 3 heterocycles. The van der Waals surface area contributed by atoms with Crippen LogP contribution in [0.4, 0.5) is 5.69 Å². The average molecular weight is 456 g/mol. The zero-order chi connectivity index (χ0) is 22.8. The van der Waals surface area contributed by atoms with E-state index in [2.05, 4.69) is 10.6 Å². The SMILES string of the molecule is COc1ccc(CN2C(=O)[C@@H]3[C@@H]([C@@H](C)O)N[C@]4(C(=O)Nc5c(Cl)cccc54)[C@@H]3C2=O)cc1. The minimum absolute atomic E-state index is 0.0707. The molecule has 0 aliphatic carbocycles. The number of benzene rings is 2. The molecule has 0 aromatic heterocycles. The molecule has 3 amide bonds. The lowest BCUT2D eigenvalue weighted by molar-refractivity contribution is -0.143. The van der Waals surface area contributed by atoms with Gasteiger partial charge in [-0.2, -0.15) is 0 Å². The zero-order valence-electron chi connectivity index (χ0n) is 17.5. The van der Waals surface area contributed by atoms with Gasteiger partial charge in [-0.1, -0.05) is 35.9 Å². The van der Waals surface area contributed by atoms with E-state index in [1.54, 1.807) is 56.5 Å². The molecule has 5 rings (SSSR count). The molecule has 9 heteroatoms. The molecular formula is C23H22ClN3O5. The highest BCUT2D eigenvalue weighted by atomic mass is 35.5. The van der Waals surface area contributed by atoms with Gasteiger partial charge in [0.2, 0.25) is 17.7 Å². The monoisotopic (exact) mass is 455 g/mol. The van der Waals surface area contributed by atoms with Crippen LogP contribution in [-0.2, 0) is 26.5 Å². The van der Waals surface area contributed by atoms with Gasteiger partial charge < -0.3 is 15.2 Å². The number of halogens is 1. The van der Waals surface area contributed by atoms with Gasteiger partial charge in [0.25, 0.3) is 0 Å². The Kier molecular flexibility index (Phi) is 4.77. The Hall–Kier alpha value is -2.94. The zero-order valence-corrected chi connectivity index (χ0v) is 18.2. The summed E-state index contributed by atoms with van der Waals surface area (Å²) in [6, 6.07) is 11.4.